The van der Waals surface area contributed by atoms with Crippen LogP contribution in [0.5, 0.6) is 0 Å². The molecular weight excluding hydrogens is 485 g/mol. The molecule has 0 radical (unpaired) electrons. The first-order chi connectivity index (χ1) is 12.0. The summed E-state index contributed by atoms with van der Waals surface area (Å²) in [5, 5.41) is 11.9. The van der Waals surface area contributed by atoms with Crippen molar-refractivity contribution in [3.63, 3.8) is 0 Å². The molecular formula is C17H25ClIN3O3Si. The molecule has 6 nitrogen and oxygen atoms in total. The second-order valence-electron chi connectivity index (χ2n) is 8.25. The van der Waals surface area contributed by atoms with Crippen molar-refractivity contribution in [1.29, 1.82) is 0 Å². The van der Waals surface area contributed by atoms with Crippen LogP contribution in [0.15, 0.2) is 12.5 Å². The van der Waals surface area contributed by atoms with E-state index >= 15 is 0 Å². The van der Waals surface area contributed by atoms with Crippen molar-refractivity contribution in [1.82, 2.24) is 14.5 Å². The second-order valence-corrected chi connectivity index (χ2v) is 14.6. The number of rotatable bonds is 4. The lowest BCUT2D eigenvalue weighted by Gasteiger charge is -2.37. The Labute approximate surface area is 173 Å². The lowest BCUT2D eigenvalue weighted by molar-refractivity contribution is -0.0403. The number of aliphatic hydroxyl groups excluding tert-OH is 1. The Morgan fingerprint density at radius 1 is 1.42 bits per heavy atom. The molecule has 1 aliphatic heterocycles. The number of ether oxygens (including phenoxy) is 1. The molecule has 0 amide bonds. The topological polar surface area (TPSA) is 69.4 Å². The van der Waals surface area contributed by atoms with Crippen molar-refractivity contribution in [2.75, 3.05) is 6.61 Å². The smallest absolute Gasteiger partial charge is 0.192 e. The Bertz CT molecular complexity index is 808. The average Bonchev–Trinajstić information content (AvgIpc) is 3.05. The van der Waals surface area contributed by atoms with Crippen LogP contribution < -0.4 is 0 Å². The van der Waals surface area contributed by atoms with Crippen molar-refractivity contribution in [3.8, 4) is 0 Å². The van der Waals surface area contributed by atoms with Gasteiger partial charge in [-0.25, -0.2) is 9.97 Å². The maximum Gasteiger partial charge on any atom is 0.192 e. The zero-order valence-corrected chi connectivity index (χ0v) is 19.6. The Morgan fingerprint density at radius 3 is 2.77 bits per heavy atom. The van der Waals surface area contributed by atoms with Crippen molar-refractivity contribution in [2.24, 2.45) is 0 Å². The van der Waals surface area contributed by atoms with Gasteiger partial charge in [-0.15, -0.1) is 0 Å². The third kappa shape index (κ3) is 3.81. The highest BCUT2D eigenvalue weighted by Crippen LogP contribution is 2.39. The van der Waals surface area contributed by atoms with E-state index in [1.54, 1.807) is 0 Å². The van der Waals surface area contributed by atoms with Gasteiger partial charge in [-0.05, 0) is 40.7 Å². The lowest BCUT2D eigenvalue weighted by Crippen LogP contribution is -2.43. The summed E-state index contributed by atoms with van der Waals surface area (Å²) in [5.41, 5.74) is 0.720. The Balaban J connectivity index is 1.77. The first-order valence-corrected chi connectivity index (χ1v) is 13.0. The van der Waals surface area contributed by atoms with Gasteiger partial charge in [0.2, 0.25) is 0 Å². The van der Waals surface area contributed by atoms with Crippen LogP contribution in [0.1, 0.15) is 33.4 Å². The summed E-state index contributed by atoms with van der Waals surface area (Å²) >= 11 is 8.42. The number of aromatic nitrogens is 3. The molecule has 26 heavy (non-hydrogen) atoms. The van der Waals surface area contributed by atoms with E-state index in [4.69, 9.17) is 20.8 Å². The number of fused-ring (bicyclic) bond motifs is 1. The predicted octanol–water partition coefficient (Wildman–Crippen LogP) is 4.36. The number of hydrogen-bond acceptors (Lipinski definition) is 5. The van der Waals surface area contributed by atoms with Crippen LogP contribution in [0, 0.1) is 3.57 Å². The molecule has 2 aromatic rings. The summed E-state index contributed by atoms with van der Waals surface area (Å²) in [6.45, 7) is 11.4. The Kier molecular flexibility index (Phi) is 5.74. The van der Waals surface area contributed by atoms with E-state index in [0.717, 1.165) is 14.6 Å². The minimum Gasteiger partial charge on any atom is -0.414 e. The maximum atomic E-state index is 10.5. The van der Waals surface area contributed by atoms with Crippen LogP contribution in [0.25, 0.3) is 11.0 Å². The minimum absolute atomic E-state index is 0.121. The van der Waals surface area contributed by atoms with E-state index in [9.17, 15) is 5.11 Å². The standard InChI is InChI=1S/C17H25ClIN3O3Si/c1-17(2,3)26(4,5)24-8-12-11(23)6-13(25-12)22-7-10(19)14-15(18)20-9-21-16(14)22/h7,9,11-13,23H,6,8H2,1-5H3/t11-,12-,13-/m1/s1. The molecule has 1 fully saturated rings. The Morgan fingerprint density at radius 2 is 2.12 bits per heavy atom. The van der Waals surface area contributed by atoms with Crippen molar-refractivity contribution >= 4 is 53.5 Å². The zero-order valence-electron chi connectivity index (χ0n) is 15.7. The maximum absolute atomic E-state index is 10.5. The molecule has 144 valence electrons. The van der Waals surface area contributed by atoms with E-state index in [1.165, 1.54) is 6.33 Å². The molecule has 2 aromatic heterocycles. The number of nitrogens with zero attached hydrogens (tertiary/aromatic N) is 3. The van der Waals surface area contributed by atoms with E-state index in [2.05, 4.69) is 66.4 Å². The molecule has 0 unspecified atom stereocenters. The van der Waals surface area contributed by atoms with Gasteiger partial charge < -0.3 is 18.8 Å². The summed E-state index contributed by atoms with van der Waals surface area (Å²) in [7, 11) is -1.89. The highest BCUT2D eigenvalue weighted by atomic mass is 127. The van der Waals surface area contributed by atoms with E-state index in [-0.39, 0.29) is 17.4 Å². The van der Waals surface area contributed by atoms with Crippen LogP contribution in [0.3, 0.4) is 0 Å². The van der Waals surface area contributed by atoms with Gasteiger partial charge in [0, 0.05) is 16.2 Å². The molecule has 1 aliphatic rings. The molecule has 0 aromatic carbocycles. The van der Waals surface area contributed by atoms with E-state index < -0.39 is 14.4 Å². The number of hydrogen-bond donors (Lipinski definition) is 1. The molecule has 3 heterocycles. The summed E-state index contributed by atoms with van der Waals surface area (Å²) in [6.07, 6.45) is 2.67. The first kappa shape index (κ1) is 20.5. The molecule has 0 aliphatic carbocycles. The molecule has 3 atom stereocenters. The molecule has 0 saturated carbocycles. The average molecular weight is 510 g/mol. The fourth-order valence-electron chi connectivity index (χ4n) is 2.77. The zero-order chi connectivity index (χ0) is 19.3. The monoisotopic (exact) mass is 509 g/mol. The summed E-state index contributed by atoms with van der Waals surface area (Å²) in [5.74, 6) is 0. The van der Waals surface area contributed by atoms with Crippen LogP contribution in [-0.2, 0) is 9.16 Å². The normalized spacial score (nSPS) is 24.5. The Hall–Kier alpha value is -0.263. The fourth-order valence-corrected chi connectivity index (χ4v) is 4.97. The highest BCUT2D eigenvalue weighted by Gasteiger charge is 2.41. The van der Waals surface area contributed by atoms with Gasteiger partial charge >= 0.3 is 0 Å². The number of aliphatic hydroxyl groups is 1. The quantitative estimate of drug-likeness (QED) is 0.377. The van der Waals surface area contributed by atoms with Gasteiger partial charge in [-0.1, -0.05) is 32.4 Å². The predicted molar refractivity (Wildman–Crippen MR) is 113 cm³/mol. The summed E-state index contributed by atoms with van der Waals surface area (Å²) in [4.78, 5) is 8.40. The van der Waals surface area contributed by atoms with Crippen LogP contribution in [0.2, 0.25) is 23.3 Å². The highest BCUT2D eigenvalue weighted by molar-refractivity contribution is 14.1. The largest absolute Gasteiger partial charge is 0.414 e. The number of halogens is 2. The van der Waals surface area contributed by atoms with E-state index in [1.807, 2.05) is 10.8 Å². The van der Waals surface area contributed by atoms with Crippen LogP contribution in [0.4, 0.5) is 0 Å². The first-order valence-electron chi connectivity index (χ1n) is 8.65. The van der Waals surface area contributed by atoms with Crippen molar-refractivity contribution < 1.29 is 14.3 Å². The van der Waals surface area contributed by atoms with E-state index in [0.29, 0.717) is 18.2 Å². The fraction of sp³-hybridized carbons (Fsp3) is 0.647. The van der Waals surface area contributed by atoms with Gasteiger partial charge in [0.05, 0.1) is 18.1 Å². The van der Waals surface area contributed by atoms with Crippen molar-refractivity contribution in [3.05, 3.63) is 21.2 Å². The molecule has 3 rings (SSSR count). The molecule has 0 spiro atoms. The van der Waals surface area contributed by atoms with Gasteiger partial charge in [0.25, 0.3) is 0 Å². The van der Waals surface area contributed by atoms with Crippen molar-refractivity contribution in [2.45, 2.75) is 63.8 Å². The SMILES string of the molecule is CC(C)(C)[Si](C)(C)OC[C@H]1O[C@@H](n2cc(I)c3c(Cl)ncnc32)C[C@H]1O. The lowest BCUT2D eigenvalue weighted by atomic mass is 10.2. The van der Waals surface area contributed by atoms with Gasteiger partial charge in [0.1, 0.15) is 29.5 Å². The van der Waals surface area contributed by atoms with Gasteiger partial charge in [-0.2, -0.15) is 0 Å². The third-order valence-corrected chi connectivity index (χ3v) is 11.1. The summed E-state index contributed by atoms with van der Waals surface area (Å²) < 4.78 is 15.3. The van der Waals surface area contributed by atoms with Crippen LogP contribution in [-0.4, -0.2) is 46.8 Å². The summed E-state index contributed by atoms with van der Waals surface area (Å²) in [6, 6.07) is 0. The molecule has 1 N–H and O–H groups in total. The third-order valence-electron chi connectivity index (χ3n) is 5.45. The van der Waals surface area contributed by atoms with Crippen LogP contribution >= 0.6 is 34.2 Å². The molecule has 0 bridgehead atoms. The second kappa shape index (κ2) is 7.29. The molecule has 1 saturated heterocycles. The van der Waals surface area contributed by atoms with Gasteiger partial charge in [0.15, 0.2) is 8.32 Å². The minimum atomic E-state index is -1.89. The van der Waals surface area contributed by atoms with Gasteiger partial charge in [-0.3, -0.25) is 0 Å². The molecule has 9 heteroatoms.